The van der Waals surface area contributed by atoms with Crippen LogP contribution in [-0.4, -0.2) is 43.0 Å². The Hall–Kier alpha value is -3.18. The van der Waals surface area contributed by atoms with E-state index in [1.165, 1.54) is 18.4 Å². The highest BCUT2D eigenvalue weighted by molar-refractivity contribution is 7.93. The van der Waals surface area contributed by atoms with Crippen molar-refractivity contribution in [3.05, 3.63) is 59.8 Å². The van der Waals surface area contributed by atoms with Gasteiger partial charge >= 0.3 is 6.18 Å². The van der Waals surface area contributed by atoms with Crippen LogP contribution in [0.15, 0.2) is 53.0 Å². The SMILES string of the molecule is Cn1cc2c3cc(C(=O)N=S(C)(=O)CCN)ccc3n(-c3ccc(C(F)(F)F)cc3)c2n1. The van der Waals surface area contributed by atoms with E-state index in [4.69, 9.17) is 5.73 Å². The first-order valence-electron chi connectivity index (χ1n) is 9.60. The van der Waals surface area contributed by atoms with E-state index in [1.807, 2.05) is 0 Å². The fourth-order valence-corrected chi connectivity index (χ4v) is 4.56. The lowest BCUT2D eigenvalue weighted by Gasteiger charge is -2.10. The number of carbonyl (C=O) groups is 1. The molecular weight excluding hydrogens is 443 g/mol. The van der Waals surface area contributed by atoms with Gasteiger partial charge in [0.05, 0.1) is 20.8 Å². The van der Waals surface area contributed by atoms with E-state index >= 15 is 0 Å². The number of halogens is 3. The third kappa shape index (κ3) is 4.00. The largest absolute Gasteiger partial charge is 0.416 e. The number of rotatable bonds is 4. The monoisotopic (exact) mass is 463 g/mol. The van der Waals surface area contributed by atoms with E-state index in [2.05, 4.69) is 9.46 Å². The number of alkyl halides is 3. The number of amides is 1. The smallest absolute Gasteiger partial charge is 0.330 e. The van der Waals surface area contributed by atoms with Gasteiger partial charge in [0.2, 0.25) is 0 Å². The number of hydrogen-bond acceptors (Lipinski definition) is 4. The van der Waals surface area contributed by atoms with Crippen molar-refractivity contribution in [3.8, 4) is 5.69 Å². The molecule has 0 fully saturated rings. The molecule has 11 heteroatoms. The minimum absolute atomic E-state index is 0.109. The third-order valence-corrected chi connectivity index (χ3v) is 6.57. The highest BCUT2D eigenvalue weighted by Crippen LogP contribution is 2.34. The molecule has 0 aliphatic heterocycles. The van der Waals surface area contributed by atoms with Gasteiger partial charge in [0.25, 0.3) is 5.91 Å². The van der Waals surface area contributed by atoms with E-state index < -0.39 is 27.4 Å². The zero-order valence-electron chi connectivity index (χ0n) is 17.3. The number of carbonyl (C=O) groups excluding carboxylic acids is 1. The van der Waals surface area contributed by atoms with Gasteiger partial charge in [-0.05, 0) is 42.5 Å². The number of aryl methyl sites for hydroxylation is 1. The van der Waals surface area contributed by atoms with E-state index in [9.17, 15) is 22.2 Å². The van der Waals surface area contributed by atoms with Crippen molar-refractivity contribution < 1.29 is 22.2 Å². The Kier molecular flexibility index (Phi) is 5.33. The lowest BCUT2D eigenvalue weighted by Crippen LogP contribution is -2.15. The van der Waals surface area contributed by atoms with Gasteiger partial charge in [-0.2, -0.15) is 22.6 Å². The van der Waals surface area contributed by atoms with Crippen molar-refractivity contribution in [1.82, 2.24) is 14.3 Å². The lowest BCUT2D eigenvalue weighted by molar-refractivity contribution is -0.137. The summed E-state index contributed by atoms with van der Waals surface area (Å²) in [6.45, 7) is 0.150. The van der Waals surface area contributed by atoms with E-state index in [0.717, 1.165) is 17.5 Å². The van der Waals surface area contributed by atoms with Crippen LogP contribution in [0.1, 0.15) is 15.9 Å². The maximum atomic E-state index is 13.0. The number of fused-ring (bicyclic) bond motifs is 3. The molecule has 2 aromatic carbocycles. The molecule has 0 spiro atoms. The maximum Gasteiger partial charge on any atom is 0.416 e. The summed E-state index contributed by atoms with van der Waals surface area (Å²) in [5.41, 5.74) is 6.64. The summed E-state index contributed by atoms with van der Waals surface area (Å²) in [6, 6.07) is 9.64. The van der Waals surface area contributed by atoms with Crippen molar-refractivity contribution in [2.24, 2.45) is 17.1 Å². The van der Waals surface area contributed by atoms with Crippen LogP contribution in [0, 0.1) is 0 Å². The summed E-state index contributed by atoms with van der Waals surface area (Å²) in [7, 11) is -1.01. The first-order valence-corrected chi connectivity index (χ1v) is 11.7. The van der Waals surface area contributed by atoms with E-state index in [0.29, 0.717) is 22.2 Å². The van der Waals surface area contributed by atoms with Crippen LogP contribution >= 0.6 is 0 Å². The van der Waals surface area contributed by atoms with Gasteiger partial charge in [-0.3, -0.25) is 14.0 Å². The third-order valence-electron chi connectivity index (χ3n) is 5.02. The maximum absolute atomic E-state index is 13.0. The number of nitrogens with zero attached hydrogens (tertiary/aromatic N) is 4. The Morgan fingerprint density at radius 3 is 2.47 bits per heavy atom. The first kappa shape index (κ1) is 22.0. The summed E-state index contributed by atoms with van der Waals surface area (Å²) >= 11 is 0. The predicted molar refractivity (Wildman–Crippen MR) is 117 cm³/mol. The summed E-state index contributed by atoms with van der Waals surface area (Å²) in [5.74, 6) is -0.509. The molecule has 2 heterocycles. The second-order valence-electron chi connectivity index (χ2n) is 7.50. The zero-order chi connectivity index (χ0) is 23.3. The van der Waals surface area contributed by atoms with Crippen molar-refractivity contribution in [3.63, 3.8) is 0 Å². The number of nitrogens with two attached hydrogens (primary N) is 1. The second-order valence-corrected chi connectivity index (χ2v) is 10.0. The van der Waals surface area contributed by atoms with Gasteiger partial charge in [-0.25, -0.2) is 4.21 Å². The Morgan fingerprint density at radius 1 is 1.16 bits per heavy atom. The summed E-state index contributed by atoms with van der Waals surface area (Å²) in [6.07, 6.45) is -1.28. The molecule has 7 nitrogen and oxygen atoms in total. The Labute approximate surface area is 181 Å². The molecule has 168 valence electrons. The van der Waals surface area contributed by atoms with E-state index in [-0.39, 0.29) is 17.9 Å². The fourth-order valence-electron chi connectivity index (χ4n) is 3.58. The molecule has 32 heavy (non-hydrogen) atoms. The van der Waals surface area contributed by atoms with Gasteiger partial charge in [-0.1, -0.05) is 0 Å². The van der Waals surface area contributed by atoms with Gasteiger partial charge in [-0.15, -0.1) is 0 Å². The van der Waals surface area contributed by atoms with Crippen LogP contribution < -0.4 is 5.73 Å². The highest BCUT2D eigenvalue weighted by atomic mass is 32.2. The number of benzene rings is 2. The summed E-state index contributed by atoms with van der Waals surface area (Å²) in [5, 5.41) is 5.84. The van der Waals surface area contributed by atoms with Gasteiger partial charge in [0, 0.05) is 53.8 Å². The van der Waals surface area contributed by atoms with Gasteiger partial charge < -0.3 is 5.73 Å². The van der Waals surface area contributed by atoms with Crippen LogP contribution in [0.5, 0.6) is 0 Å². The average Bonchev–Trinajstić information content (AvgIpc) is 3.21. The molecule has 2 N–H and O–H groups in total. The summed E-state index contributed by atoms with van der Waals surface area (Å²) < 4.78 is 58.4. The minimum atomic E-state index is -4.43. The average molecular weight is 463 g/mol. The van der Waals surface area contributed by atoms with Crippen molar-refractivity contribution in [1.29, 1.82) is 0 Å². The van der Waals surface area contributed by atoms with E-state index in [1.54, 1.807) is 40.7 Å². The molecule has 0 bridgehead atoms. The minimum Gasteiger partial charge on any atom is -0.330 e. The van der Waals surface area contributed by atoms with Crippen molar-refractivity contribution in [2.45, 2.75) is 6.18 Å². The number of aromatic nitrogens is 3. The van der Waals surface area contributed by atoms with Crippen LogP contribution in [0.25, 0.3) is 27.6 Å². The molecule has 1 amide bonds. The van der Waals surface area contributed by atoms with Crippen LogP contribution in [0.4, 0.5) is 13.2 Å². The van der Waals surface area contributed by atoms with Crippen LogP contribution in [0.3, 0.4) is 0 Å². The second kappa shape index (κ2) is 7.75. The molecule has 1 atom stereocenters. The predicted octanol–water partition coefficient (Wildman–Crippen LogP) is 3.73. The topological polar surface area (TPSA) is 95.3 Å². The van der Waals surface area contributed by atoms with Gasteiger partial charge in [0.1, 0.15) is 0 Å². The molecule has 0 aliphatic carbocycles. The van der Waals surface area contributed by atoms with Crippen LogP contribution in [-0.2, 0) is 23.0 Å². The fraction of sp³-hybridized carbons (Fsp3) is 0.238. The molecule has 4 rings (SSSR count). The van der Waals surface area contributed by atoms with Crippen molar-refractivity contribution in [2.75, 3.05) is 18.6 Å². The standard InChI is InChI=1S/C21H20F3N5O2S/c1-28-12-17-16-11-13(20(30)27-32(2,31)10-9-25)3-8-18(16)29(19(17)26-28)15-6-4-14(5-7-15)21(22,23)24/h3-8,11-12H,9-10,25H2,1-2H3. The molecule has 0 radical (unpaired) electrons. The quantitative estimate of drug-likeness (QED) is 0.499. The molecule has 2 aromatic heterocycles. The Morgan fingerprint density at radius 2 is 1.84 bits per heavy atom. The van der Waals surface area contributed by atoms with Gasteiger partial charge in [0.15, 0.2) is 5.65 Å². The molecular formula is C21H20F3N5O2S. The highest BCUT2D eigenvalue weighted by Gasteiger charge is 2.30. The Balaban J connectivity index is 1.88. The molecule has 4 aromatic rings. The lowest BCUT2D eigenvalue weighted by atomic mass is 10.1. The molecule has 0 saturated heterocycles. The first-order chi connectivity index (χ1) is 15.0. The van der Waals surface area contributed by atoms with Crippen LogP contribution in [0.2, 0.25) is 0 Å². The molecule has 0 aliphatic rings. The summed E-state index contributed by atoms with van der Waals surface area (Å²) in [4.78, 5) is 12.6. The molecule has 0 saturated carbocycles. The Bertz CT molecular complexity index is 1460. The normalized spacial score (nSPS) is 14.1. The number of hydrogen-bond donors (Lipinski definition) is 1. The zero-order valence-corrected chi connectivity index (χ0v) is 18.1. The van der Waals surface area contributed by atoms with Crippen molar-refractivity contribution >= 4 is 37.6 Å². The molecule has 1 unspecified atom stereocenters.